The summed E-state index contributed by atoms with van der Waals surface area (Å²) in [7, 11) is 0. The summed E-state index contributed by atoms with van der Waals surface area (Å²) in [6, 6.07) is 21.1. The van der Waals surface area contributed by atoms with Crippen LogP contribution in [0.4, 0.5) is 0 Å². The second-order valence-corrected chi connectivity index (χ2v) is 7.54. The third kappa shape index (κ3) is 2.34. The van der Waals surface area contributed by atoms with Crippen molar-refractivity contribution in [1.29, 1.82) is 0 Å². The maximum Gasteiger partial charge on any atom is 0.124 e. The first kappa shape index (κ1) is 14.6. The quantitative estimate of drug-likeness (QED) is 0.431. The first-order chi connectivity index (χ1) is 13.3. The van der Waals surface area contributed by atoms with Crippen LogP contribution in [0.15, 0.2) is 66.9 Å². The second kappa shape index (κ2) is 5.49. The largest absolute Gasteiger partial charge is 0.361 e. The van der Waals surface area contributed by atoms with E-state index in [-0.39, 0.29) is 0 Å². The highest BCUT2D eigenvalue weighted by Crippen LogP contribution is 2.34. The molecule has 0 atom stereocenters. The molecule has 6 aromatic rings. The minimum atomic E-state index is 0.853. The van der Waals surface area contributed by atoms with Crippen LogP contribution in [0.25, 0.3) is 53.9 Å². The highest BCUT2D eigenvalue weighted by Gasteiger charge is 2.10. The maximum atomic E-state index is 4.86. The first-order valence-electron chi connectivity index (χ1n) is 8.62. The van der Waals surface area contributed by atoms with Gasteiger partial charge in [-0.1, -0.05) is 18.2 Å². The van der Waals surface area contributed by atoms with Crippen LogP contribution in [-0.2, 0) is 0 Å². The summed E-state index contributed by atoms with van der Waals surface area (Å²) >= 11 is 1.69. The summed E-state index contributed by atoms with van der Waals surface area (Å²) in [5.41, 5.74) is 7.29. The van der Waals surface area contributed by atoms with Crippen LogP contribution < -0.4 is 0 Å². The Morgan fingerprint density at radius 3 is 2.52 bits per heavy atom. The minimum Gasteiger partial charge on any atom is -0.361 e. The zero-order chi connectivity index (χ0) is 17.8. The molecular weight excluding hydrogens is 354 g/mol. The lowest BCUT2D eigenvalue weighted by atomic mass is 10.0. The lowest BCUT2D eigenvalue weighted by molar-refractivity contribution is 0.959. The first-order valence-corrected chi connectivity index (χ1v) is 9.44. The van der Waals surface area contributed by atoms with Crippen molar-refractivity contribution >= 4 is 43.5 Å². The van der Waals surface area contributed by atoms with E-state index in [1.165, 1.54) is 21.2 Å². The standard InChI is InChI=1S/C21H13N5S/c1-2-13(9-17-12(1)7-8-22-17)14-4-6-20-19(10-14)23-21(27-20)15-3-5-16-18(11-15)25-26-24-16/h1-11,22H,(H,24,25,26). The Bertz CT molecular complexity index is 1370. The van der Waals surface area contributed by atoms with Crippen molar-refractivity contribution in [3.05, 3.63) is 66.9 Å². The van der Waals surface area contributed by atoms with Crippen LogP contribution in [0.5, 0.6) is 0 Å². The average molecular weight is 367 g/mol. The molecule has 0 aliphatic carbocycles. The van der Waals surface area contributed by atoms with Crippen molar-refractivity contribution in [1.82, 2.24) is 25.4 Å². The van der Waals surface area contributed by atoms with Crippen LogP contribution in [0.3, 0.4) is 0 Å². The van der Waals surface area contributed by atoms with E-state index in [1.807, 2.05) is 24.4 Å². The fourth-order valence-corrected chi connectivity index (χ4v) is 4.37. The van der Waals surface area contributed by atoms with Crippen molar-refractivity contribution < 1.29 is 0 Å². The number of aromatic amines is 2. The van der Waals surface area contributed by atoms with Gasteiger partial charge < -0.3 is 4.98 Å². The van der Waals surface area contributed by atoms with Gasteiger partial charge in [-0.3, -0.25) is 0 Å². The Morgan fingerprint density at radius 2 is 1.52 bits per heavy atom. The normalized spacial score (nSPS) is 11.7. The number of thiazole rings is 1. The maximum absolute atomic E-state index is 4.86. The van der Waals surface area contributed by atoms with Gasteiger partial charge in [0.15, 0.2) is 0 Å². The van der Waals surface area contributed by atoms with E-state index < -0.39 is 0 Å². The molecule has 0 amide bonds. The van der Waals surface area contributed by atoms with Gasteiger partial charge in [0.1, 0.15) is 16.0 Å². The van der Waals surface area contributed by atoms with Crippen LogP contribution in [0, 0.1) is 0 Å². The Labute approximate surface area is 157 Å². The lowest BCUT2D eigenvalue weighted by Crippen LogP contribution is -1.79. The highest BCUT2D eigenvalue weighted by molar-refractivity contribution is 7.21. The zero-order valence-electron chi connectivity index (χ0n) is 14.1. The fourth-order valence-electron chi connectivity index (χ4n) is 3.43. The second-order valence-electron chi connectivity index (χ2n) is 6.51. The molecule has 3 aromatic heterocycles. The predicted molar refractivity (Wildman–Crippen MR) is 110 cm³/mol. The summed E-state index contributed by atoms with van der Waals surface area (Å²) in [6.07, 6.45) is 1.97. The number of fused-ring (bicyclic) bond motifs is 3. The number of rotatable bonds is 2. The monoisotopic (exact) mass is 367 g/mol. The van der Waals surface area contributed by atoms with Crippen molar-refractivity contribution in [2.75, 3.05) is 0 Å². The summed E-state index contributed by atoms with van der Waals surface area (Å²) in [4.78, 5) is 8.14. The summed E-state index contributed by atoms with van der Waals surface area (Å²) in [5.74, 6) is 0. The number of aromatic nitrogens is 5. The number of hydrogen-bond donors (Lipinski definition) is 2. The number of hydrogen-bond acceptors (Lipinski definition) is 4. The molecule has 0 fully saturated rings. The third-order valence-electron chi connectivity index (χ3n) is 4.84. The van der Waals surface area contributed by atoms with Gasteiger partial charge in [0.25, 0.3) is 0 Å². The molecule has 0 bridgehead atoms. The molecule has 0 saturated heterocycles. The highest BCUT2D eigenvalue weighted by atomic mass is 32.1. The Hall–Kier alpha value is -3.51. The number of H-pyrrole nitrogens is 2. The molecule has 3 heterocycles. The smallest absolute Gasteiger partial charge is 0.124 e. The van der Waals surface area contributed by atoms with Crippen molar-refractivity contribution in [2.24, 2.45) is 0 Å². The van der Waals surface area contributed by atoms with Crippen LogP contribution in [0.1, 0.15) is 0 Å². The molecule has 3 aromatic carbocycles. The Balaban J connectivity index is 1.46. The molecule has 5 nitrogen and oxygen atoms in total. The molecule has 0 aliphatic heterocycles. The minimum absolute atomic E-state index is 0.853. The van der Waals surface area contributed by atoms with E-state index in [4.69, 9.17) is 4.98 Å². The predicted octanol–water partition coefficient (Wildman–Crippen LogP) is 5.38. The molecule has 0 unspecified atom stereocenters. The molecule has 6 rings (SSSR count). The lowest BCUT2D eigenvalue weighted by Gasteiger charge is -2.02. The van der Waals surface area contributed by atoms with Gasteiger partial charge in [-0.25, -0.2) is 4.98 Å². The van der Waals surface area contributed by atoms with E-state index in [0.717, 1.165) is 32.6 Å². The van der Waals surface area contributed by atoms with Gasteiger partial charge in [0, 0.05) is 17.3 Å². The number of nitrogens with zero attached hydrogens (tertiary/aromatic N) is 3. The van der Waals surface area contributed by atoms with Crippen LogP contribution >= 0.6 is 11.3 Å². The summed E-state index contributed by atoms with van der Waals surface area (Å²) < 4.78 is 1.18. The molecule has 128 valence electrons. The topological polar surface area (TPSA) is 70.2 Å². The molecule has 2 N–H and O–H groups in total. The third-order valence-corrected chi connectivity index (χ3v) is 5.92. The zero-order valence-corrected chi connectivity index (χ0v) is 14.9. The summed E-state index contributed by atoms with van der Waals surface area (Å²) in [6.45, 7) is 0. The molecular formula is C21H13N5S. The molecule has 0 saturated carbocycles. The van der Waals surface area contributed by atoms with Crippen LogP contribution in [-0.4, -0.2) is 25.4 Å². The van der Waals surface area contributed by atoms with E-state index in [9.17, 15) is 0 Å². The van der Waals surface area contributed by atoms with Crippen LogP contribution in [0.2, 0.25) is 0 Å². The summed E-state index contributed by atoms with van der Waals surface area (Å²) in [5, 5.41) is 13.1. The van der Waals surface area contributed by atoms with Gasteiger partial charge in [0.2, 0.25) is 0 Å². The van der Waals surface area contributed by atoms with E-state index in [1.54, 1.807) is 11.3 Å². The Morgan fingerprint density at radius 1 is 0.704 bits per heavy atom. The molecule has 0 aliphatic rings. The molecule has 27 heavy (non-hydrogen) atoms. The van der Waals surface area contributed by atoms with Gasteiger partial charge >= 0.3 is 0 Å². The van der Waals surface area contributed by atoms with Crippen molar-refractivity contribution in [3.63, 3.8) is 0 Å². The van der Waals surface area contributed by atoms with E-state index in [2.05, 4.69) is 62.9 Å². The number of benzene rings is 3. The van der Waals surface area contributed by atoms with E-state index >= 15 is 0 Å². The fraction of sp³-hybridized carbons (Fsp3) is 0. The van der Waals surface area contributed by atoms with E-state index in [0.29, 0.717) is 0 Å². The van der Waals surface area contributed by atoms with Gasteiger partial charge in [-0.2, -0.15) is 15.4 Å². The van der Waals surface area contributed by atoms with Crippen molar-refractivity contribution in [2.45, 2.75) is 0 Å². The SMILES string of the molecule is c1cc2ccc(-c3ccc4sc(-c5ccc6n[nH]nc6c5)nc4c3)cc2[nH]1. The Kier molecular flexibility index (Phi) is 2.98. The van der Waals surface area contributed by atoms with Gasteiger partial charge in [-0.05, 0) is 59.0 Å². The molecule has 0 spiro atoms. The van der Waals surface area contributed by atoms with Crippen molar-refractivity contribution in [3.8, 4) is 21.7 Å². The van der Waals surface area contributed by atoms with Gasteiger partial charge in [0.05, 0.1) is 10.2 Å². The average Bonchev–Trinajstić information content (AvgIpc) is 3.44. The molecule has 0 radical (unpaired) electrons. The molecule has 6 heteroatoms. The van der Waals surface area contributed by atoms with Gasteiger partial charge in [-0.15, -0.1) is 11.3 Å². The number of nitrogens with one attached hydrogen (secondary N) is 2.